The highest BCUT2D eigenvalue weighted by atomic mass is 32.1. The molecule has 0 radical (unpaired) electrons. The van der Waals surface area contributed by atoms with E-state index in [1.165, 1.54) is 30.6 Å². The molecule has 3 N–H and O–H groups in total. The summed E-state index contributed by atoms with van der Waals surface area (Å²) in [6, 6.07) is 0.722. The average molecular weight is 254 g/mol. The molecule has 1 saturated carbocycles. The van der Waals surface area contributed by atoms with Crippen LogP contribution in [0.3, 0.4) is 0 Å². The van der Waals surface area contributed by atoms with Crippen LogP contribution in [0, 0.1) is 5.92 Å². The molecule has 0 saturated heterocycles. The lowest BCUT2D eigenvalue weighted by atomic mass is 9.85. The standard InChI is InChI=1S/C12H22N4S/c1-9-5-3-4-6-11(9)16(2)8-10-7-14-12(15-13)17-10/h7,9,11H,3-6,8,13H2,1-2H3,(H,14,15). The van der Waals surface area contributed by atoms with Crippen LogP contribution in [0.4, 0.5) is 5.13 Å². The summed E-state index contributed by atoms with van der Waals surface area (Å²) in [7, 11) is 2.22. The number of hydrazine groups is 1. The molecule has 1 aromatic heterocycles. The van der Waals surface area contributed by atoms with Crippen LogP contribution < -0.4 is 11.3 Å². The van der Waals surface area contributed by atoms with Gasteiger partial charge >= 0.3 is 0 Å². The number of rotatable bonds is 4. The molecule has 1 aromatic rings. The highest BCUT2D eigenvalue weighted by Crippen LogP contribution is 2.29. The molecule has 1 fully saturated rings. The highest BCUT2D eigenvalue weighted by Gasteiger charge is 2.25. The molecule has 5 heteroatoms. The lowest BCUT2D eigenvalue weighted by Crippen LogP contribution is -2.38. The van der Waals surface area contributed by atoms with Crippen molar-refractivity contribution in [3.8, 4) is 0 Å². The Morgan fingerprint density at radius 3 is 2.94 bits per heavy atom. The van der Waals surface area contributed by atoms with Gasteiger partial charge in [0.2, 0.25) is 0 Å². The van der Waals surface area contributed by atoms with Crippen molar-refractivity contribution in [3.05, 3.63) is 11.1 Å². The van der Waals surface area contributed by atoms with E-state index in [1.807, 2.05) is 6.20 Å². The second-order valence-electron chi connectivity index (χ2n) is 5.02. The predicted octanol–water partition coefficient (Wildman–Crippen LogP) is 2.44. The van der Waals surface area contributed by atoms with Gasteiger partial charge in [-0.25, -0.2) is 10.8 Å². The van der Waals surface area contributed by atoms with Crippen molar-refractivity contribution in [2.45, 2.75) is 45.2 Å². The number of nitrogens with zero attached hydrogens (tertiary/aromatic N) is 2. The van der Waals surface area contributed by atoms with E-state index in [-0.39, 0.29) is 0 Å². The van der Waals surface area contributed by atoms with Gasteiger partial charge in [0.15, 0.2) is 5.13 Å². The fourth-order valence-corrected chi connectivity index (χ4v) is 3.55. The molecule has 0 spiro atoms. The minimum absolute atomic E-state index is 0.722. The molecule has 2 unspecified atom stereocenters. The monoisotopic (exact) mass is 254 g/mol. The largest absolute Gasteiger partial charge is 0.300 e. The first-order valence-corrected chi connectivity index (χ1v) is 7.14. The Kier molecular flexibility index (Phi) is 4.36. The molecule has 0 bridgehead atoms. The third kappa shape index (κ3) is 3.18. The Hall–Kier alpha value is -0.650. The van der Waals surface area contributed by atoms with Gasteiger partial charge in [0.1, 0.15) is 0 Å². The van der Waals surface area contributed by atoms with Crippen molar-refractivity contribution in [2.24, 2.45) is 11.8 Å². The topological polar surface area (TPSA) is 54.2 Å². The summed E-state index contributed by atoms with van der Waals surface area (Å²) < 4.78 is 0. The molecule has 2 atom stereocenters. The van der Waals surface area contributed by atoms with E-state index < -0.39 is 0 Å². The van der Waals surface area contributed by atoms with E-state index in [9.17, 15) is 0 Å². The third-order valence-corrected chi connectivity index (χ3v) is 4.63. The van der Waals surface area contributed by atoms with Crippen LogP contribution in [0.25, 0.3) is 0 Å². The van der Waals surface area contributed by atoms with E-state index in [2.05, 4.69) is 29.3 Å². The number of nitrogens with one attached hydrogen (secondary N) is 1. The van der Waals surface area contributed by atoms with Crippen LogP contribution in [0.15, 0.2) is 6.20 Å². The van der Waals surface area contributed by atoms with Crippen molar-refractivity contribution < 1.29 is 0 Å². The molecule has 1 aliphatic rings. The summed E-state index contributed by atoms with van der Waals surface area (Å²) in [6.07, 6.45) is 7.39. The lowest BCUT2D eigenvalue weighted by molar-refractivity contribution is 0.134. The number of anilines is 1. The van der Waals surface area contributed by atoms with Gasteiger partial charge in [0.05, 0.1) is 0 Å². The zero-order valence-electron chi connectivity index (χ0n) is 10.6. The van der Waals surface area contributed by atoms with Crippen LogP contribution in [0.5, 0.6) is 0 Å². The summed E-state index contributed by atoms with van der Waals surface area (Å²) in [5, 5.41) is 0.796. The van der Waals surface area contributed by atoms with E-state index in [0.29, 0.717) is 0 Å². The normalized spacial score (nSPS) is 25.2. The molecule has 0 amide bonds. The van der Waals surface area contributed by atoms with E-state index >= 15 is 0 Å². The van der Waals surface area contributed by atoms with Crippen molar-refractivity contribution in [1.29, 1.82) is 0 Å². The second kappa shape index (κ2) is 5.80. The quantitative estimate of drug-likeness (QED) is 0.640. The molecule has 17 heavy (non-hydrogen) atoms. The molecule has 96 valence electrons. The van der Waals surface area contributed by atoms with Crippen molar-refractivity contribution in [3.63, 3.8) is 0 Å². The molecular weight excluding hydrogens is 232 g/mol. The van der Waals surface area contributed by atoms with Gasteiger partial charge in [0.25, 0.3) is 0 Å². The lowest BCUT2D eigenvalue weighted by Gasteiger charge is -2.36. The molecule has 1 heterocycles. The van der Waals surface area contributed by atoms with Crippen molar-refractivity contribution in [2.75, 3.05) is 12.5 Å². The fraction of sp³-hybridized carbons (Fsp3) is 0.750. The Morgan fingerprint density at radius 1 is 1.53 bits per heavy atom. The highest BCUT2D eigenvalue weighted by molar-refractivity contribution is 7.15. The van der Waals surface area contributed by atoms with Gasteiger partial charge in [-0.05, 0) is 25.8 Å². The Morgan fingerprint density at radius 2 is 2.29 bits per heavy atom. The zero-order chi connectivity index (χ0) is 12.3. The minimum Gasteiger partial charge on any atom is -0.300 e. The smallest absolute Gasteiger partial charge is 0.197 e. The number of hydrogen-bond acceptors (Lipinski definition) is 5. The number of nitrogens with two attached hydrogens (primary N) is 1. The van der Waals surface area contributed by atoms with Crippen LogP contribution in [0.2, 0.25) is 0 Å². The van der Waals surface area contributed by atoms with Crippen LogP contribution >= 0.6 is 11.3 Å². The maximum absolute atomic E-state index is 5.34. The van der Waals surface area contributed by atoms with Gasteiger partial charge in [-0.2, -0.15) is 0 Å². The number of nitrogen functional groups attached to an aromatic ring is 1. The second-order valence-corrected chi connectivity index (χ2v) is 6.14. The third-order valence-electron chi connectivity index (χ3n) is 3.71. The summed E-state index contributed by atoms with van der Waals surface area (Å²) in [5.74, 6) is 6.16. The van der Waals surface area contributed by atoms with Crippen molar-refractivity contribution >= 4 is 16.5 Å². The summed E-state index contributed by atoms with van der Waals surface area (Å²) in [4.78, 5) is 7.95. The van der Waals surface area contributed by atoms with E-state index in [1.54, 1.807) is 11.3 Å². The number of hydrogen-bond donors (Lipinski definition) is 2. The maximum Gasteiger partial charge on any atom is 0.197 e. The summed E-state index contributed by atoms with van der Waals surface area (Å²) >= 11 is 1.64. The first-order chi connectivity index (χ1) is 8.20. The maximum atomic E-state index is 5.34. The van der Waals surface area contributed by atoms with Crippen molar-refractivity contribution in [1.82, 2.24) is 9.88 Å². The van der Waals surface area contributed by atoms with Gasteiger partial charge < -0.3 is 0 Å². The van der Waals surface area contributed by atoms with Gasteiger partial charge in [-0.1, -0.05) is 31.1 Å². The molecular formula is C12H22N4S. The number of aromatic nitrogens is 1. The van der Waals surface area contributed by atoms with Gasteiger partial charge in [-0.15, -0.1) is 0 Å². The van der Waals surface area contributed by atoms with E-state index in [0.717, 1.165) is 23.6 Å². The summed E-state index contributed by atoms with van der Waals surface area (Å²) in [5.41, 5.74) is 2.60. The average Bonchev–Trinajstić information content (AvgIpc) is 2.77. The van der Waals surface area contributed by atoms with Crippen LogP contribution in [-0.4, -0.2) is 23.0 Å². The Bertz CT molecular complexity index is 352. The first kappa shape index (κ1) is 12.8. The van der Waals surface area contributed by atoms with E-state index in [4.69, 9.17) is 5.84 Å². The van der Waals surface area contributed by atoms with Crippen LogP contribution in [0.1, 0.15) is 37.5 Å². The Labute approximate surface area is 107 Å². The molecule has 1 aliphatic carbocycles. The van der Waals surface area contributed by atoms with Gasteiger partial charge in [-0.3, -0.25) is 10.3 Å². The molecule has 2 rings (SSSR count). The molecule has 0 aromatic carbocycles. The number of thiazole rings is 1. The predicted molar refractivity (Wildman–Crippen MR) is 72.8 cm³/mol. The minimum atomic E-state index is 0.722. The van der Waals surface area contributed by atoms with Crippen LogP contribution in [-0.2, 0) is 6.54 Å². The SMILES string of the molecule is CC1CCCCC1N(C)Cc1cnc(NN)s1. The first-order valence-electron chi connectivity index (χ1n) is 6.32. The zero-order valence-corrected chi connectivity index (χ0v) is 11.5. The Balaban J connectivity index is 1.93. The fourth-order valence-electron chi connectivity index (χ4n) is 2.76. The molecule has 0 aliphatic heterocycles. The molecule has 4 nitrogen and oxygen atoms in total. The van der Waals surface area contributed by atoms with Gasteiger partial charge in [0, 0.05) is 23.7 Å². The summed E-state index contributed by atoms with van der Waals surface area (Å²) in [6.45, 7) is 3.36.